The van der Waals surface area contributed by atoms with Gasteiger partial charge in [-0.1, -0.05) is 24.3 Å². The molecule has 0 radical (unpaired) electrons. The molecule has 39 heavy (non-hydrogen) atoms. The smallest absolute Gasteiger partial charge is 0.341 e. The molecule has 0 amide bonds. The quantitative estimate of drug-likeness (QED) is 0.266. The predicted octanol–water partition coefficient (Wildman–Crippen LogP) is 4.59. The standard InChI is InChI=1S/C28H25N5O5S/c1-3-38-28(34)24-17-30-26-23(18-31-33(26)20-9-5-4-6-10-20)25(24)32-27(19-8-7-15-29-16-19)39(35,36)22-13-11-21(37-2)12-14-22/h4-18,27H,3H2,1-2H3,(H,30,32). The van der Waals surface area contributed by atoms with Crippen LogP contribution < -0.4 is 10.1 Å². The van der Waals surface area contributed by atoms with Crippen LogP contribution in [0.2, 0.25) is 0 Å². The zero-order chi connectivity index (χ0) is 27.4. The first-order valence-corrected chi connectivity index (χ1v) is 13.6. The Labute approximate surface area is 225 Å². The zero-order valence-electron chi connectivity index (χ0n) is 21.2. The fraction of sp³-hybridized carbons (Fsp3) is 0.143. The van der Waals surface area contributed by atoms with Gasteiger partial charge in [-0.25, -0.2) is 22.9 Å². The van der Waals surface area contributed by atoms with E-state index in [1.165, 1.54) is 31.6 Å². The number of carbonyl (C=O) groups excluding carboxylic acids is 1. The highest BCUT2D eigenvalue weighted by Crippen LogP contribution is 2.36. The molecule has 1 N–H and O–H groups in total. The molecular formula is C28H25N5O5S. The Kier molecular flexibility index (Phi) is 7.24. The maximum Gasteiger partial charge on any atom is 0.341 e. The number of para-hydroxylation sites is 1. The number of aromatic nitrogens is 4. The molecule has 0 bridgehead atoms. The van der Waals surface area contributed by atoms with Gasteiger partial charge in [0.15, 0.2) is 11.0 Å². The molecule has 5 aromatic rings. The second kappa shape index (κ2) is 10.9. The Morgan fingerprint density at radius 3 is 2.44 bits per heavy atom. The molecule has 1 atom stereocenters. The number of ether oxygens (including phenoxy) is 2. The minimum absolute atomic E-state index is 0.0626. The van der Waals surface area contributed by atoms with Crippen LogP contribution in [0.3, 0.4) is 0 Å². The molecular weight excluding hydrogens is 518 g/mol. The van der Waals surface area contributed by atoms with Crippen molar-refractivity contribution in [3.8, 4) is 11.4 Å². The second-order valence-electron chi connectivity index (χ2n) is 8.43. The van der Waals surface area contributed by atoms with E-state index in [2.05, 4.69) is 20.4 Å². The molecule has 5 rings (SSSR count). The molecule has 0 saturated carbocycles. The number of hydrogen-bond acceptors (Lipinski definition) is 9. The van der Waals surface area contributed by atoms with Crippen LogP contribution in [0, 0.1) is 0 Å². The summed E-state index contributed by atoms with van der Waals surface area (Å²) in [5.41, 5.74) is 1.87. The van der Waals surface area contributed by atoms with E-state index in [1.54, 1.807) is 48.3 Å². The molecule has 0 saturated heterocycles. The van der Waals surface area contributed by atoms with Crippen LogP contribution in [0.1, 0.15) is 28.2 Å². The van der Waals surface area contributed by atoms with Crippen LogP contribution in [-0.4, -0.2) is 47.9 Å². The Hall–Kier alpha value is -4.77. The number of rotatable bonds is 9. The van der Waals surface area contributed by atoms with E-state index >= 15 is 0 Å². The number of anilines is 1. The molecule has 0 aliphatic heterocycles. The summed E-state index contributed by atoms with van der Waals surface area (Å²) in [6, 6.07) is 18.8. The molecule has 198 valence electrons. The van der Waals surface area contributed by atoms with E-state index in [1.807, 2.05) is 30.3 Å². The highest BCUT2D eigenvalue weighted by Gasteiger charge is 2.32. The zero-order valence-corrected chi connectivity index (χ0v) is 22.0. The molecule has 3 heterocycles. The highest BCUT2D eigenvalue weighted by molar-refractivity contribution is 7.91. The number of nitrogens with zero attached hydrogens (tertiary/aromatic N) is 4. The Balaban J connectivity index is 1.69. The number of hydrogen-bond donors (Lipinski definition) is 1. The highest BCUT2D eigenvalue weighted by atomic mass is 32.2. The second-order valence-corrected chi connectivity index (χ2v) is 10.5. The van der Waals surface area contributed by atoms with Crippen molar-refractivity contribution >= 4 is 32.5 Å². The van der Waals surface area contributed by atoms with Crippen molar-refractivity contribution in [1.29, 1.82) is 0 Å². The summed E-state index contributed by atoms with van der Waals surface area (Å²) < 4.78 is 40.1. The van der Waals surface area contributed by atoms with Gasteiger partial charge in [0.2, 0.25) is 9.84 Å². The van der Waals surface area contributed by atoms with Crippen molar-refractivity contribution in [3.05, 3.63) is 103 Å². The molecule has 0 aliphatic rings. The summed E-state index contributed by atoms with van der Waals surface area (Å²) in [7, 11) is -2.55. The van der Waals surface area contributed by atoms with Gasteiger partial charge in [0.05, 0.1) is 41.6 Å². The number of pyridine rings is 2. The summed E-state index contributed by atoms with van der Waals surface area (Å²) in [4.78, 5) is 21.7. The van der Waals surface area contributed by atoms with Gasteiger partial charge in [-0.2, -0.15) is 5.10 Å². The van der Waals surface area contributed by atoms with Gasteiger partial charge in [0, 0.05) is 24.2 Å². The lowest BCUT2D eigenvalue weighted by Crippen LogP contribution is -2.23. The van der Waals surface area contributed by atoms with Crippen molar-refractivity contribution in [3.63, 3.8) is 0 Å². The van der Waals surface area contributed by atoms with E-state index < -0.39 is 21.2 Å². The Morgan fingerprint density at radius 2 is 1.77 bits per heavy atom. The van der Waals surface area contributed by atoms with Crippen LogP contribution in [0.25, 0.3) is 16.7 Å². The van der Waals surface area contributed by atoms with E-state index in [4.69, 9.17) is 9.47 Å². The minimum Gasteiger partial charge on any atom is -0.497 e. The normalized spacial score (nSPS) is 12.2. The summed E-state index contributed by atoms with van der Waals surface area (Å²) >= 11 is 0. The molecule has 2 aromatic carbocycles. The predicted molar refractivity (Wildman–Crippen MR) is 146 cm³/mol. The van der Waals surface area contributed by atoms with E-state index in [9.17, 15) is 13.2 Å². The average Bonchev–Trinajstić information content (AvgIpc) is 3.41. The molecule has 0 aliphatic carbocycles. The lowest BCUT2D eigenvalue weighted by atomic mass is 10.1. The van der Waals surface area contributed by atoms with Crippen molar-refractivity contribution in [2.24, 2.45) is 0 Å². The molecule has 11 heteroatoms. The fourth-order valence-corrected chi connectivity index (χ4v) is 5.72. The number of sulfone groups is 1. The third kappa shape index (κ3) is 5.04. The molecule has 3 aromatic heterocycles. The van der Waals surface area contributed by atoms with Crippen molar-refractivity contribution in [1.82, 2.24) is 19.7 Å². The SMILES string of the molecule is CCOC(=O)c1cnc2c(cnn2-c2ccccc2)c1NC(c1cccnc1)S(=O)(=O)c1ccc(OC)cc1. The largest absolute Gasteiger partial charge is 0.497 e. The average molecular weight is 544 g/mol. The van der Waals surface area contributed by atoms with Gasteiger partial charge in [-0.05, 0) is 49.4 Å². The van der Waals surface area contributed by atoms with Crippen molar-refractivity contribution in [2.45, 2.75) is 17.2 Å². The number of methoxy groups -OCH3 is 1. The Bertz CT molecular complexity index is 1710. The maximum atomic E-state index is 14.0. The number of carbonyl (C=O) groups is 1. The Morgan fingerprint density at radius 1 is 1.00 bits per heavy atom. The third-order valence-corrected chi connectivity index (χ3v) is 8.00. The van der Waals surface area contributed by atoms with Gasteiger partial charge < -0.3 is 14.8 Å². The van der Waals surface area contributed by atoms with Crippen LogP contribution in [-0.2, 0) is 14.6 Å². The van der Waals surface area contributed by atoms with Crippen LogP contribution in [0.4, 0.5) is 5.69 Å². The molecule has 1 unspecified atom stereocenters. The summed E-state index contributed by atoms with van der Waals surface area (Å²) in [5.74, 6) is -0.123. The first kappa shape index (κ1) is 25.9. The van der Waals surface area contributed by atoms with Gasteiger partial charge in [-0.15, -0.1) is 0 Å². The van der Waals surface area contributed by atoms with Crippen molar-refractivity contribution in [2.75, 3.05) is 19.0 Å². The van der Waals surface area contributed by atoms with Crippen LogP contribution in [0.15, 0.2) is 96.4 Å². The lowest BCUT2D eigenvalue weighted by Gasteiger charge is -2.22. The first-order valence-electron chi connectivity index (χ1n) is 12.1. The summed E-state index contributed by atoms with van der Waals surface area (Å²) in [5, 5.41) is 6.74. The maximum absolute atomic E-state index is 14.0. The van der Waals surface area contributed by atoms with E-state index in [-0.39, 0.29) is 22.8 Å². The van der Waals surface area contributed by atoms with E-state index in [0.29, 0.717) is 22.3 Å². The molecule has 0 spiro atoms. The number of benzene rings is 2. The number of nitrogens with one attached hydrogen (secondary N) is 1. The third-order valence-electron chi connectivity index (χ3n) is 6.06. The molecule has 0 fully saturated rings. The van der Waals surface area contributed by atoms with Gasteiger partial charge >= 0.3 is 5.97 Å². The van der Waals surface area contributed by atoms with Gasteiger partial charge in [0.1, 0.15) is 11.3 Å². The minimum atomic E-state index is -4.05. The van der Waals surface area contributed by atoms with E-state index in [0.717, 1.165) is 5.69 Å². The summed E-state index contributed by atoms with van der Waals surface area (Å²) in [6.07, 6.45) is 5.93. The van der Waals surface area contributed by atoms with Gasteiger partial charge in [0.25, 0.3) is 0 Å². The van der Waals surface area contributed by atoms with Gasteiger partial charge in [-0.3, -0.25) is 4.98 Å². The fourth-order valence-electron chi connectivity index (χ4n) is 4.16. The number of fused-ring (bicyclic) bond motifs is 1. The van der Waals surface area contributed by atoms with Crippen LogP contribution >= 0.6 is 0 Å². The summed E-state index contributed by atoms with van der Waals surface area (Å²) in [6.45, 7) is 1.83. The molecule has 10 nitrogen and oxygen atoms in total. The topological polar surface area (TPSA) is 125 Å². The number of esters is 1. The lowest BCUT2D eigenvalue weighted by molar-refractivity contribution is 0.0527. The monoisotopic (exact) mass is 543 g/mol. The van der Waals surface area contributed by atoms with Crippen LogP contribution in [0.5, 0.6) is 5.75 Å². The van der Waals surface area contributed by atoms with Crippen molar-refractivity contribution < 1.29 is 22.7 Å². The first-order chi connectivity index (χ1) is 18.9.